The Morgan fingerprint density at radius 3 is 2.38 bits per heavy atom. The van der Waals surface area contributed by atoms with Crippen molar-refractivity contribution in [2.75, 3.05) is 18.8 Å². The van der Waals surface area contributed by atoms with E-state index in [4.69, 9.17) is 5.73 Å². The van der Waals surface area contributed by atoms with Gasteiger partial charge in [-0.1, -0.05) is 31.4 Å². The van der Waals surface area contributed by atoms with Crippen LogP contribution in [0.4, 0.5) is 10.5 Å². The number of urea groups is 1. The number of nitrogens with two attached hydrogens (primary N) is 1. The fourth-order valence-electron chi connectivity index (χ4n) is 3.05. The first-order chi connectivity index (χ1) is 12.1. The van der Waals surface area contributed by atoms with Crippen LogP contribution in [0.2, 0.25) is 0 Å². The molecule has 0 saturated heterocycles. The van der Waals surface area contributed by atoms with E-state index in [1.165, 1.54) is 19.3 Å². The number of rotatable bonds is 8. The molecule has 0 aromatic heterocycles. The summed E-state index contributed by atoms with van der Waals surface area (Å²) >= 11 is 0. The molecule has 0 radical (unpaired) electrons. The maximum Gasteiger partial charge on any atom is 0.315 e. The van der Waals surface area contributed by atoms with Crippen LogP contribution in [-0.4, -0.2) is 31.1 Å². The molecule has 26 heavy (non-hydrogen) atoms. The normalized spacial score (nSPS) is 14.2. The molecule has 1 aromatic rings. The number of anilines is 1. The molecule has 2 rings (SSSR count). The number of amides is 3. The standard InChI is InChI=1S/C19H30N4O2.ClH/c20-16-10-8-15(9-11-16)12-14-21-18(24)7-4-13-22-19(25)23-17-5-2-1-3-6-17;/h8-11,17H,1-7,12-14,20H2,(H,21,24)(H2,22,23,25);1H. The lowest BCUT2D eigenvalue weighted by Crippen LogP contribution is -2.43. The van der Waals surface area contributed by atoms with Crippen LogP contribution in [0.15, 0.2) is 24.3 Å². The molecular weight excluding hydrogens is 352 g/mol. The Kier molecular flexibility index (Phi) is 10.5. The molecule has 5 N–H and O–H groups in total. The zero-order valence-corrected chi connectivity index (χ0v) is 16.1. The van der Waals surface area contributed by atoms with Crippen LogP contribution in [-0.2, 0) is 11.2 Å². The first-order valence-electron chi connectivity index (χ1n) is 9.29. The summed E-state index contributed by atoms with van der Waals surface area (Å²) in [6.07, 6.45) is 7.66. The van der Waals surface area contributed by atoms with E-state index in [-0.39, 0.29) is 24.3 Å². The highest BCUT2D eigenvalue weighted by molar-refractivity contribution is 5.85. The van der Waals surface area contributed by atoms with Gasteiger partial charge in [-0.3, -0.25) is 4.79 Å². The predicted molar refractivity (Wildman–Crippen MR) is 107 cm³/mol. The Labute approximate surface area is 162 Å². The van der Waals surface area contributed by atoms with E-state index in [1.807, 2.05) is 24.3 Å². The maximum absolute atomic E-state index is 11.8. The SMILES string of the molecule is Cl.Nc1ccc(CCNC(=O)CCCNC(=O)NC2CCCCC2)cc1. The van der Waals surface area contributed by atoms with Crippen molar-refractivity contribution < 1.29 is 9.59 Å². The summed E-state index contributed by atoms with van der Waals surface area (Å²) < 4.78 is 0. The largest absolute Gasteiger partial charge is 0.399 e. The number of hydrogen-bond acceptors (Lipinski definition) is 3. The van der Waals surface area contributed by atoms with E-state index in [2.05, 4.69) is 16.0 Å². The predicted octanol–water partition coefficient (Wildman–Crippen LogP) is 2.76. The molecule has 1 fully saturated rings. The molecule has 1 aliphatic rings. The van der Waals surface area contributed by atoms with Gasteiger partial charge in [-0.15, -0.1) is 12.4 Å². The minimum Gasteiger partial charge on any atom is -0.399 e. The number of nitrogen functional groups attached to an aromatic ring is 1. The number of nitrogens with one attached hydrogen (secondary N) is 3. The highest BCUT2D eigenvalue weighted by Gasteiger charge is 2.15. The summed E-state index contributed by atoms with van der Waals surface area (Å²) in [5, 5.41) is 8.74. The van der Waals surface area contributed by atoms with Crippen LogP contribution >= 0.6 is 12.4 Å². The summed E-state index contributed by atoms with van der Waals surface area (Å²) in [4.78, 5) is 23.6. The Morgan fingerprint density at radius 1 is 1.00 bits per heavy atom. The number of hydrogen-bond donors (Lipinski definition) is 4. The van der Waals surface area contributed by atoms with E-state index >= 15 is 0 Å². The van der Waals surface area contributed by atoms with Gasteiger partial charge in [0.1, 0.15) is 0 Å². The molecule has 6 nitrogen and oxygen atoms in total. The molecule has 1 saturated carbocycles. The van der Waals surface area contributed by atoms with E-state index in [1.54, 1.807) is 0 Å². The lowest BCUT2D eigenvalue weighted by atomic mass is 9.96. The number of benzene rings is 1. The van der Waals surface area contributed by atoms with Crippen LogP contribution in [0, 0.1) is 0 Å². The molecule has 0 unspecified atom stereocenters. The summed E-state index contributed by atoms with van der Waals surface area (Å²) in [6, 6.07) is 7.86. The average Bonchev–Trinajstić information content (AvgIpc) is 2.61. The third kappa shape index (κ3) is 8.94. The monoisotopic (exact) mass is 382 g/mol. The fourth-order valence-corrected chi connectivity index (χ4v) is 3.05. The van der Waals surface area contributed by atoms with Gasteiger partial charge in [-0.2, -0.15) is 0 Å². The van der Waals surface area contributed by atoms with Crippen molar-refractivity contribution in [3.63, 3.8) is 0 Å². The van der Waals surface area contributed by atoms with Crippen LogP contribution in [0.1, 0.15) is 50.5 Å². The first kappa shape index (κ1) is 22.1. The van der Waals surface area contributed by atoms with Gasteiger partial charge in [0.2, 0.25) is 5.91 Å². The highest BCUT2D eigenvalue weighted by atomic mass is 35.5. The van der Waals surface area contributed by atoms with E-state index in [9.17, 15) is 9.59 Å². The number of carbonyl (C=O) groups is 2. The second-order valence-corrected chi connectivity index (χ2v) is 6.68. The van der Waals surface area contributed by atoms with Crippen molar-refractivity contribution in [3.05, 3.63) is 29.8 Å². The zero-order valence-electron chi connectivity index (χ0n) is 15.3. The number of halogens is 1. The van der Waals surface area contributed by atoms with Crippen molar-refractivity contribution in [1.29, 1.82) is 0 Å². The third-order valence-electron chi connectivity index (χ3n) is 4.52. The van der Waals surface area contributed by atoms with Gasteiger partial charge >= 0.3 is 6.03 Å². The summed E-state index contributed by atoms with van der Waals surface area (Å²) in [6.45, 7) is 1.13. The van der Waals surface area contributed by atoms with E-state index < -0.39 is 0 Å². The molecule has 0 atom stereocenters. The van der Waals surface area contributed by atoms with Crippen molar-refractivity contribution in [2.24, 2.45) is 0 Å². The second-order valence-electron chi connectivity index (χ2n) is 6.68. The maximum atomic E-state index is 11.8. The van der Waals surface area contributed by atoms with Crippen molar-refractivity contribution in [2.45, 2.75) is 57.4 Å². The molecule has 3 amide bonds. The lowest BCUT2D eigenvalue weighted by Gasteiger charge is -2.22. The van der Waals surface area contributed by atoms with Gasteiger partial charge in [0.25, 0.3) is 0 Å². The minimum absolute atomic E-state index is 0. The molecule has 0 spiro atoms. The Bertz CT molecular complexity index is 545. The molecule has 1 aliphatic carbocycles. The summed E-state index contributed by atoms with van der Waals surface area (Å²) in [5.41, 5.74) is 7.53. The van der Waals surface area contributed by atoms with E-state index in [0.717, 1.165) is 30.5 Å². The second kappa shape index (κ2) is 12.4. The summed E-state index contributed by atoms with van der Waals surface area (Å²) in [5.74, 6) is 0.0185. The van der Waals surface area contributed by atoms with E-state index in [0.29, 0.717) is 32.0 Å². The molecule has 146 valence electrons. The van der Waals surface area contributed by atoms with Crippen LogP contribution in [0.25, 0.3) is 0 Å². The van der Waals surface area contributed by atoms with Gasteiger partial charge in [-0.25, -0.2) is 4.79 Å². The Balaban J connectivity index is 0.00000338. The summed E-state index contributed by atoms with van der Waals surface area (Å²) in [7, 11) is 0. The topological polar surface area (TPSA) is 96.2 Å². The number of carbonyl (C=O) groups excluding carboxylic acids is 2. The van der Waals surface area contributed by atoms with Crippen LogP contribution in [0.3, 0.4) is 0 Å². The molecule has 0 bridgehead atoms. The first-order valence-corrected chi connectivity index (χ1v) is 9.29. The molecule has 1 aromatic carbocycles. The Hall–Kier alpha value is -1.95. The lowest BCUT2D eigenvalue weighted by molar-refractivity contribution is -0.121. The minimum atomic E-state index is -0.115. The average molecular weight is 383 g/mol. The third-order valence-corrected chi connectivity index (χ3v) is 4.52. The van der Waals surface area contributed by atoms with Crippen LogP contribution in [0.5, 0.6) is 0 Å². The fraction of sp³-hybridized carbons (Fsp3) is 0.579. The van der Waals surface area contributed by atoms with Crippen molar-refractivity contribution >= 4 is 30.0 Å². The van der Waals surface area contributed by atoms with Crippen molar-refractivity contribution in [3.8, 4) is 0 Å². The molecule has 0 aliphatic heterocycles. The molecule has 0 heterocycles. The van der Waals surface area contributed by atoms with Gasteiger partial charge in [0.15, 0.2) is 0 Å². The quantitative estimate of drug-likeness (QED) is 0.411. The van der Waals surface area contributed by atoms with Gasteiger partial charge in [-0.05, 0) is 43.4 Å². The zero-order chi connectivity index (χ0) is 17.9. The van der Waals surface area contributed by atoms with Gasteiger partial charge in [0, 0.05) is 31.2 Å². The van der Waals surface area contributed by atoms with Crippen LogP contribution < -0.4 is 21.7 Å². The van der Waals surface area contributed by atoms with Gasteiger partial charge < -0.3 is 21.7 Å². The van der Waals surface area contributed by atoms with Gasteiger partial charge in [0.05, 0.1) is 0 Å². The Morgan fingerprint density at radius 2 is 1.69 bits per heavy atom. The highest BCUT2D eigenvalue weighted by Crippen LogP contribution is 2.17. The smallest absolute Gasteiger partial charge is 0.315 e. The molecule has 7 heteroatoms. The molecular formula is C19H31ClN4O2. The van der Waals surface area contributed by atoms with Crippen molar-refractivity contribution in [1.82, 2.24) is 16.0 Å².